The fraction of sp³-hybridized carbons (Fsp3) is 0.238. The van der Waals surface area contributed by atoms with E-state index < -0.39 is 0 Å². The third kappa shape index (κ3) is 4.22. The molecule has 1 aliphatic rings. The predicted octanol–water partition coefficient (Wildman–Crippen LogP) is 4.61. The Kier molecular flexibility index (Phi) is 5.67. The standard InChI is InChI=1S/C21H19Cl2N3O2/c22-17-7-6-16(18(23)12-17)14-25-8-10-26(11-9-25)21(27)19-13-20(28-24-19)15-4-2-1-3-5-15/h1-7,12-13H,8-11,14H2. The molecule has 0 saturated carbocycles. The maximum Gasteiger partial charge on any atom is 0.276 e. The Labute approximate surface area is 173 Å². The molecule has 1 amide bonds. The van der Waals surface area contributed by atoms with E-state index in [0.29, 0.717) is 34.6 Å². The van der Waals surface area contributed by atoms with E-state index in [0.717, 1.165) is 30.8 Å². The Morgan fingerprint density at radius 1 is 1.00 bits per heavy atom. The molecule has 0 atom stereocenters. The largest absolute Gasteiger partial charge is 0.355 e. The number of amides is 1. The van der Waals surface area contributed by atoms with Crippen molar-refractivity contribution in [2.45, 2.75) is 6.54 Å². The average molecular weight is 416 g/mol. The van der Waals surface area contributed by atoms with Crippen LogP contribution in [0.3, 0.4) is 0 Å². The molecule has 7 heteroatoms. The molecule has 2 aromatic carbocycles. The lowest BCUT2D eigenvalue weighted by atomic mass is 10.1. The van der Waals surface area contributed by atoms with Gasteiger partial charge in [-0.25, -0.2) is 0 Å². The summed E-state index contributed by atoms with van der Waals surface area (Å²) in [6.45, 7) is 3.55. The maximum absolute atomic E-state index is 12.8. The number of halogens is 2. The predicted molar refractivity (Wildman–Crippen MR) is 110 cm³/mol. The van der Waals surface area contributed by atoms with E-state index in [-0.39, 0.29) is 5.91 Å². The SMILES string of the molecule is O=C(c1cc(-c2ccccc2)on1)N1CCN(Cc2ccc(Cl)cc2Cl)CC1. The second-order valence-corrected chi connectivity index (χ2v) is 7.59. The first-order valence-corrected chi connectivity index (χ1v) is 9.83. The Bertz CT molecular complexity index is 967. The second-order valence-electron chi connectivity index (χ2n) is 6.75. The highest BCUT2D eigenvalue weighted by molar-refractivity contribution is 6.35. The third-order valence-electron chi connectivity index (χ3n) is 4.86. The van der Waals surface area contributed by atoms with Crippen LogP contribution in [0.4, 0.5) is 0 Å². The van der Waals surface area contributed by atoms with E-state index in [2.05, 4.69) is 10.1 Å². The summed E-state index contributed by atoms with van der Waals surface area (Å²) in [6.07, 6.45) is 0. The molecule has 0 bridgehead atoms. The lowest BCUT2D eigenvalue weighted by Gasteiger charge is -2.34. The van der Waals surface area contributed by atoms with Crippen molar-refractivity contribution < 1.29 is 9.32 Å². The van der Waals surface area contributed by atoms with Gasteiger partial charge in [0.1, 0.15) is 0 Å². The minimum absolute atomic E-state index is 0.102. The number of hydrogen-bond acceptors (Lipinski definition) is 4. The lowest BCUT2D eigenvalue weighted by molar-refractivity contribution is 0.0618. The van der Waals surface area contributed by atoms with Crippen molar-refractivity contribution >= 4 is 29.1 Å². The molecule has 0 aliphatic carbocycles. The highest BCUT2D eigenvalue weighted by Crippen LogP contribution is 2.23. The highest BCUT2D eigenvalue weighted by atomic mass is 35.5. The van der Waals surface area contributed by atoms with E-state index in [9.17, 15) is 4.79 Å². The van der Waals surface area contributed by atoms with Gasteiger partial charge in [-0.3, -0.25) is 9.69 Å². The molecular weight excluding hydrogens is 397 g/mol. The average Bonchev–Trinajstić information content (AvgIpc) is 3.21. The van der Waals surface area contributed by atoms with Crippen molar-refractivity contribution in [3.63, 3.8) is 0 Å². The molecular formula is C21H19Cl2N3O2. The zero-order chi connectivity index (χ0) is 19.5. The molecule has 3 aromatic rings. The van der Waals surface area contributed by atoms with Crippen molar-refractivity contribution in [1.82, 2.24) is 15.0 Å². The van der Waals surface area contributed by atoms with E-state index in [1.54, 1.807) is 12.1 Å². The normalized spacial score (nSPS) is 15.0. The smallest absolute Gasteiger partial charge is 0.276 e. The van der Waals surface area contributed by atoms with Crippen LogP contribution in [-0.4, -0.2) is 47.0 Å². The van der Waals surface area contributed by atoms with Gasteiger partial charge in [0.15, 0.2) is 11.5 Å². The maximum atomic E-state index is 12.8. The van der Waals surface area contributed by atoms with E-state index in [4.69, 9.17) is 27.7 Å². The van der Waals surface area contributed by atoms with Gasteiger partial charge in [0.2, 0.25) is 0 Å². The summed E-state index contributed by atoms with van der Waals surface area (Å²) in [7, 11) is 0. The monoisotopic (exact) mass is 415 g/mol. The zero-order valence-corrected chi connectivity index (χ0v) is 16.7. The molecule has 1 aliphatic heterocycles. The van der Waals surface area contributed by atoms with Crippen LogP contribution in [0.2, 0.25) is 10.0 Å². The van der Waals surface area contributed by atoms with Crippen molar-refractivity contribution in [1.29, 1.82) is 0 Å². The third-order valence-corrected chi connectivity index (χ3v) is 5.44. The number of benzene rings is 2. The first kappa shape index (κ1) is 19.0. The minimum atomic E-state index is -0.102. The van der Waals surface area contributed by atoms with Gasteiger partial charge in [0, 0.05) is 54.4 Å². The zero-order valence-electron chi connectivity index (χ0n) is 15.1. The van der Waals surface area contributed by atoms with E-state index >= 15 is 0 Å². The molecule has 1 aromatic heterocycles. The van der Waals surface area contributed by atoms with Gasteiger partial charge >= 0.3 is 0 Å². The number of rotatable bonds is 4. The molecule has 0 unspecified atom stereocenters. The number of aromatic nitrogens is 1. The van der Waals surface area contributed by atoms with Crippen molar-refractivity contribution in [3.05, 3.63) is 75.9 Å². The molecule has 0 N–H and O–H groups in total. The Balaban J connectivity index is 1.36. The number of piperazine rings is 1. The fourth-order valence-corrected chi connectivity index (χ4v) is 3.74. The second kappa shape index (κ2) is 8.35. The summed E-state index contributed by atoms with van der Waals surface area (Å²) in [4.78, 5) is 16.8. The molecule has 4 rings (SSSR count). The van der Waals surface area contributed by atoms with Gasteiger partial charge in [-0.2, -0.15) is 0 Å². The number of hydrogen-bond donors (Lipinski definition) is 0. The first-order chi connectivity index (χ1) is 13.6. The minimum Gasteiger partial charge on any atom is -0.355 e. The Hall–Kier alpha value is -2.34. The van der Waals surface area contributed by atoms with Crippen LogP contribution in [0.15, 0.2) is 59.1 Å². The van der Waals surface area contributed by atoms with Gasteiger partial charge < -0.3 is 9.42 Å². The molecule has 2 heterocycles. The molecule has 1 fully saturated rings. The summed E-state index contributed by atoms with van der Waals surface area (Å²) in [5.74, 6) is 0.495. The van der Waals surface area contributed by atoms with Gasteiger partial charge in [-0.05, 0) is 17.7 Å². The van der Waals surface area contributed by atoms with Crippen LogP contribution < -0.4 is 0 Å². The molecule has 1 saturated heterocycles. The molecule has 144 valence electrons. The quantitative estimate of drug-likeness (QED) is 0.624. The molecule has 0 radical (unpaired) electrons. The van der Waals surface area contributed by atoms with Crippen LogP contribution in [0.25, 0.3) is 11.3 Å². The summed E-state index contributed by atoms with van der Waals surface area (Å²) < 4.78 is 5.35. The molecule has 0 spiro atoms. The van der Waals surface area contributed by atoms with Crippen molar-refractivity contribution in [3.8, 4) is 11.3 Å². The van der Waals surface area contributed by atoms with Crippen molar-refractivity contribution in [2.24, 2.45) is 0 Å². The van der Waals surface area contributed by atoms with Crippen LogP contribution >= 0.6 is 23.2 Å². The first-order valence-electron chi connectivity index (χ1n) is 9.08. The van der Waals surface area contributed by atoms with E-state index in [1.165, 1.54) is 0 Å². The summed E-state index contributed by atoms with van der Waals surface area (Å²) >= 11 is 12.2. The summed E-state index contributed by atoms with van der Waals surface area (Å²) in [6, 6.07) is 16.9. The van der Waals surface area contributed by atoms with Gasteiger partial charge in [0.05, 0.1) is 0 Å². The van der Waals surface area contributed by atoms with Crippen LogP contribution in [0, 0.1) is 0 Å². The van der Waals surface area contributed by atoms with Gasteiger partial charge in [-0.1, -0.05) is 64.8 Å². The van der Waals surface area contributed by atoms with Crippen LogP contribution in [-0.2, 0) is 6.54 Å². The Morgan fingerprint density at radius 2 is 1.75 bits per heavy atom. The summed E-state index contributed by atoms with van der Waals surface area (Å²) in [5, 5.41) is 5.26. The van der Waals surface area contributed by atoms with Gasteiger partial charge in [-0.15, -0.1) is 0 Å². The topological polar surface area (TPSA) is 49.6 Å². The fourth-order valence-electron chi connectivity index (χ4n) is 3.28. The molecule has 5 nitrogen and oxygen atoms in total. The van der Waals surface area contributed by atoms with Crippen LogP contribution in [0.5, 0.6) is 0 Å². The van der Waals surface area contributed by atoms with Crippen molar-refractivity contribution in [2.75, 3.05) is 26.2 Å². The number of nitrogens with zero attached hydrogens (tertiary/aromatic N) is 3. The Morgan fingerprint density at radius 3 is 2.46 bits per heavy atom. The number of carbonyl (C=O) groups excluding carboxylic acids is 1. The molecule has 28 heavy (non-hydrogen) atoms. The van der Waals surface area contributed by atoms with Gasteiger partial charge in [0.25, 0.3) is 5.91 Å². The lowest BCUT2D eigenvalue weighted by Crippen LogP contribution is -2.48. The highest BCUT2D eigenvalue weighted by Gasteiger charge is 2.25. The summed E-state index contributed by atoms with van der Waals surface area (Å²) in [5.41, 5.74) is 2.28. The number of carbonyl (C=O) groups is 1. The van der Waals surface area contributed by atoms with Crippen LogP contribution in [0.1, 0.15) is 16.1 Å². The van der Waals surface area contributed by atoms with E-state index in [1.807, 2.05) is 47.4 Å².